The number of amides is 2. The number of carbonyl (C=O) groups is 2. The molecule has 2 aromatic rings. The average Bonchev–Trinajstić information content (AvgIpc) is 3.33. The Bertz CT molecular complexity index is 929. The number of rotatable bonds is 5. The topological polar surface area (TPSA) is 86.3 Å². The van der Waals surface area contributed by atoms with Crippen molar-refractivity contribution >= 4 is 23.2 Å². The molecule has 2 aliphatic rings. The highest BCUT2D eigenvalue weighted by Crippen LogP contribution is 2.37. The monoisotopic (exact) mass is 384 g/mol. The van der Waals surface area contributed by atoms with Crippen molar-refractivity contribution in [2.45, 2.75) is 6.42 Å². The standard InChI is InChI=1S/C20H20N2O6/c1-25-15-5-3-12(9-17(15)26-2)21-19(23)14-7-8-22(20(14)24)13-4-6-16-18(10-13)28-11-27-16/h3-6,9-10,14H,7-8,11H2,1-2H3,(H,21,23). The second-order valence-electron chi connectivity index (χ2n) is 6.43. The van der Waals surface area contributed by atoms with Gasteiger partial charge in [-0.05, 0) is 30.7 Å². The summed E-state index contributed by atoms with van der Waals surface area (Å²) in [7, 11) is 3.06. The molecule has 0 radical (unpaired) electrons. The largest absolute Gasteiger partial charge is 0.493 e. The maximum atomic E-state index is 12.8. The third kappa shape index (κ3) is 3.17. The van der Waals surface area contributed by atoms with E-state index in [2.05, 4.69) is 5.32 Å². The molecule has 1 atom stereocenters. The van der Waals surface area contributed by atoms with Crippen LogP contribution in [0.1, 0.15) is 6.42 Å². The summed E-state index contributed by atoms with van der Waals surface area (Å²) >= 11 is 0. The minimum absolute atomic E-state index is 0.170. The van der Waals surface area contributed by atoms with Crippen molar-refractivity contribution in [2.24, 2.45) is 5.92 Å². The first kappa shape index (κ1) is 18.0. The third-order valence-corrected chi connectivity index (χ3v) is 4.84. The fraction of sp³-hybridized carbons (Fsp3) is 0.300. The Labute approximate surface area is 161 Å². The lowest BCUT2D eigenvalue weighted by atomic mass is 10.1. The number of anilines is 2. The van der Waals surface area contributed by atoms with E-state index in [1.54, 1.807) is 41.3 Å². The molecule has 28 heavy (non-hydrogen) atoms. The van der Waals surface area contributed by atoms with Crippen LogP contribution in [-0.2, 0) is 9.59 Å². The number of hydrogen-bond donors (Lipinski definition) is 1. The first-order valence-electron chi connectivity index (χ1n) is 8.84. The van der Waals surface area contributed by atoms with Crippen LogP contribution in [0.15, 0.2) is 36.4 Å². The first-order chi connectivity index (χ1) is 13.6. The summed E-state index contributed by atoms with van der Waals surface area (Å²) < 4.78 is 21.1. The van der Waals surface area contributed by atoms with E-state index in [0.717, 1.165) is 0 Å². The number of benzene rings is 2. The van der Waals surface area contributed by atoms with Gasteiger partial charge in [0.15, 0.2) is 23.0 Å². The Kier molecular flexibility index (Phi) is 4.68. The predicted molar refractivity (Wildman–Crippen MR) is 101 cm³/mol. The minimum atomic E-state index is -0.751. The Hall–Kier alpha value is -3.42. The van der Waals surface area contributed by atoms with Gasteiger partial charge in [-0.3, -0.25) is 9.59 Å². The Morgan fingerprint density at radius 1 is 1.07 bits per heavy atom. The number of carbonyl (C=O) groups excluding carboxylic acids is 2. The van der Waals surface area contributed by atoms with Crippen LogP contribution in [0.4, 0.5) is 11.4 Å². The molecule has 0 aliphatic carbocycles. The van der Waals surface area contributed by atoms with Crippen molar-refractivity contribution in [1.82, 2.24) is 0 Å². The molecular weight excluding hydrogens is 364 g/mol. The molecule has 0 bridgehead atoms. The maximum absolute atomic E-state index is 12.8. The normalized spacial score (nSPS) is 17.6. The Balaban J connectivity index is 1.47. The van der Waals surface area contributed by atoms with Crippen molar-refractivity contribution < 1.29 is 28.5 Å². The van der Waals surface area contributed by atoms with E-state index >= 15 is 0 Å². The molecule has 2 aliphatic heterocycles. The van der Waals surface area contributed by atoms with Crippen LogP contribution >= 0.6 is 0 Å². The lowest BCUT2D eigenvalue weighted by Gasteiger charge is -2.17. The van der Waals surface area contributed by atoms with Crippen LogP contribution < -0.4 is 29.2 Å². The van der Waals surface area contributed by atoms with Crippen molar-refractivity contribution in [3.63, 3.8) is 0 Å². The van der Waals surface area contributed by atoms with E-state index in [9.17, 15) is 9.59 Å². The molecule has 1 saturated heterocycles. The molecule has 8 heteroatoms. The molecule has 2 aromatic carbocycles. The van der Waals surface area contributed by atoms with Gasteiger partial charge in [-0.2, -0.15) is 0 Å². The summed E-state index contributed by atoms with van der Waals surface area (Å²) in [5, 5.41) is 2.79. The van der Waals surface area contributed by atoms with Gasteiger partial charge in [0.1, 0.15) is 5.92 Å². The number of nitrogens with zero attached hydrogens (tertiary/aromatic N) is 1. The predicted octanol–water partition coefficient (Wildman–Crippen LogP) is 2.42. The molecule has 2 amide bonds. The molecule has 8 nitrogen and oxygen atoms in total. The van der Waals surface area contributed by atoms with Gasteiger partial charge in [-0.15, -0.1) is 0 Å². The second-order valence-corrected chi connectivity index (χ2v) is 6.43. The van der Waals surface area contributed by atoms with Crippen molar-refractivity contribution in [2.75, 3.05) is 37.8 Å². The van der Waals surface area contributed by atoms with Crippen LogP contribution in [0, 0.1) is 5.92 Å². The minimum Gasteiger partial charge on any atom is -0.493 e. The van der Waals surface area contributed by atoms with Crippen LogP contribution in [0.25, 0.3) is 0 Å². The number of nitrogens with one attached hydrogen (secondary N) is 1. The molecule has 0 saturated carbocycles. The van der Waals surface area contributed by atoms with Crippen LogP contribution in [-0.4, -0.2) is 39.4 Å². The van der Waals surface area contributed by atoms with Crippen molar-refractivity contribution in [1.29, 1.82) is 0 Å². The van der Waals surface area contributed by atoms with E-state index < -0.39 is 5.92 Å². The fourth-order valence-electron chi connectivity index (χ4n) is 3.38. The molecule has 1 unspecified atom stereocenters. The summed E-state index contributed by atoms with van der Waals surface area (Å²) in [6.45, 7) is 0.631. The smallest absolute Gasteiger partial charge is 0.239 e. The highest BCUT2D eigenvalue weighted by Gasteiger charge is 2.38. The van der Waals surface area contributed by atoms with Crippen molar-refractivity contribution in [3.8, 4) is 23.0 Å². The summed E-state index contributed by atoms with van der Waals surface area (Å²) in [4.78, 5) is 27.1. The Morgan fingerprint density at radius 2 is 1.86 bits per heavy atom. The van der Waals surface area contributed by atoms with Gasteiger partial charge in [0.2, 0.25) is 18.6 Å². The number of fused-ring (bicyclic) bond motifs is 1. The van der Waals surface area contributed by atoms with Crippen molar-refractivity contribution in [3.05, 3.63) is 36.4 Å². The number of ether oxygens (including phenoxy) is 4. The van der Waals surface area contributed by atoms with Gasteiger partial charge in [0.05, 0.1) is 14.2 Å². The lowest BCUT2D eigenvalue weighted by molar-refractivity contribution is -0.129. The quantitative estimate of drug-likeness (QED) is 0.797. The van der Waals surface area contributed by atoms with Gasteiger partial charge < -0.3 is 29.2 Å². The summed E-state index contributed by atoms with van der Waals surface area (Å²) in [6, 6.07) is 10.4. The maximum Gasteiger partial charge on any atom is 0.239 e. The third-order valence-electron chi connectivity index (χ3n) is 4.84. The molecule has 4 rings (SSSR count). The number of hydrogen-bond acceptors (Lipinski definition) is 6. The SMILES string of the molecule is COc1ccc(NC(=O)C2CCN(c3ccc4c(c3)OCO4)C2=O)cc1OC. The van der Waals surface area contributed by atoms with E-state index in [1.807, 2.05) is 0 Å². The number of methoxy groups -OCH3 is 2. The Morgan fingerprint density at radius 3 is 2.64 bits per heavy atom. The van der Waals surface area contributed by atoms with Crippen LogP contribution in [0.2, 0.25) is 0 Å². The van der Waals surface area contributed by atoms with Gasteiger partial charge in [0.25, 0.3) is 0 Å². The molecular formula is C20H20N2O6. The fourth-order valence-corrected chi connectivity index (χ4v) is 3.38. The second kappa shape index (κ2) is 7.30. The van der Waals surface area contributed by atoms with E-state index in [-0.39, 0.29) is 18.6 Å². The summed E-state index contributed by atoms with van der Waals surface area (Å²) in [5.74, 6) is 0.976. The molecule has 0 aromatic heterocycles. The molecule has 0 spiro atoms. The van der Waals surface area contributed by atoms with Gasteiger partial charge in [-0.25, -0.2) is 0 Å². The van der Waals surface area contributed by atoms with Gasteiger partial charge in [-0.1, -0.05) is 0 Å². The zero-order chi connectivity index (χ0) is 19.7. The van der Waals surface area contributed by atoms with Crippen LogP contribution in [0.3, 0.4) is 0 Å². The lowest BCUT2D eigenvalue weighted by Crippen LogP contribution is -2.33. The highest BCUT2D eigenvalue weighted by atomic mass is 16.7. The molecule has 1 fully saturated rings. The van der Waals surface area contributed by atoms with E-state index in [0.29, 0.717) is 47.3 Å². The molecule has 2 heterocycles. The van der Waals surface area contributed by atoms with E-state index in [1.165, 1.54) is 14.2 Å². The zero-order valence-electron chi connectivity index (χ0n) is 15.6. The molecule has 1 N–H and O–H groups in total. The van der Waals surface area contributed by atoms with E-state index in [4.69, 9.17) is 18.9 Å². The zero-order valence-corrected chi connectivity index (χ0v) is 15.6. The summed E-state index contributed by atoms with van der Waals surface area (Å²) in [6.07, 6.45) is 0.437. The summed E-state index contributed by atoms with van der Waals surface area (Å²) in [5.41, 5.74) is 1.23. The first-order valence-corrected chi connectivity index (χ1v) is 8.84. The highest BCUT2D eigenvalue weighted by molar-refractivity contribution is 6.13. The molecule has 146 valence electrons. The van der Waals surface area contributed by atoms with Gasteiger partial charge >= 0.3 is 0 Å². The average molecular weight is 384 g/mol. The van der Waals surface area contributed by atoms with Gasteiger partial charge in [0, 0.05) is 30.1 Å². The van der Waals surface area contributed by atoms with Crippen LogP contribution in [0.5, 0.6) is 23.0 Å².